The van der Waals surface area contributed by atoms with Crippen LogP contribution in [0.5, 0.6) is 0 Å². The minimum atomic E-state index is -0.868. The van der Waals surface area contributed by atoms with E-state index in [9.17, 15) is 14.4 Å². The Bertz CT molecular complexity index is 380. The van der Waals surface area contributed by atoms with Crippen LogP contribution in [0.25, 0.3) is 0 Å². The van der Waals surface area contributed by atoms with Crippen LogP contribution in [0.2, 0.25) is 0 Å². The number of nitrogens with zero attached hydrogens (tertiary/aromatic N) is 3. The summed E-state index contributed by atoms with van der Waals surface area (Å²) in [7, 11) is 0. The van der Waals surface area contributed by atoms with Crippen LogP contribution in [0.3, 0.4) is 0 Å². The molecular weight excluding hydrogens is 278 g/mol. The lowest BCUT2D eigenvalue weighted by atomic mass is 10.3. The number of hydrogen-bond donors (Lipinski definition) is 1. The molecule has 8 nitrogen and oxygen atoms in total. The van der Waals surface area contributed by atoms with E-state index in [0.717, 1.165) is 0 Å². The van der Waals surface area contributed by atoms with Gasteiger partial charge in [0.1, 0.15) is 6.54 Å². The lowest BCUT2D eigenvalue weighted by Crippen LogP contribution is -2.54. The molecule has 8 heteroatoms. The lowest BCUT2D eigenvalue weighted by Gasteiger charge is -2.36. The first-order valence-corrected chi connectivity index (χ1v) is 7.11. The highest BCUT2D eigenvalue weighted by Gasteiger charge is 2.26. The summed E-state index contributed by atoms with van der Waals surface area (Å²) in [5.74, 6) is -1.29. The first kappa shape index (κ1) is 17.2. The number of aliphatic carboxylic acids is 1. The minimum absolute atomic E-state index is 0.0116. The number of amides is 2. The number of ether oxygens (including phenoxy) is 1. The van der Waals surface area contributed by atoms with E-state index in [-0.39, 0.29) is 19.1 Å². The number of piperazine rings is 1. The Morgan fingerprint density at radius 2 is 1.76 bits per heavy atom. The van der Waals surface area contributed by atoms with Crippen molar-refractivity contribution < 1.29 is 24.2 Å². The van der Waals surface area contributed by atoms with Crippen molar-refractivity contribution in [1.82, 2.24) is 14.7 Å². The molecule has 1 fully saturated rings. The van der Waals surface area contributed by atoms with Crippen LogP contribution in [0, 0.1) is 0 Å². The van der Waals surface area contributed by atoms with Crippen LogP contribution < -0.4 is 0 Å². The molecule has 120 valence electrons. The lowest BCUT2D eigenvalue weighted by molar-refractivity contribution is -0.144. The van der Waals surface area contributed by atoms with Gasteiger partial charge in [0.2, 0.25) is 0 Å². The van der Waals surface area contributed by atoms with Crippen molar-refractivity contribution in [3.8, 4) is 0 Å². The molecule has 0 radical (unpaired) electrons. The Morgan fingerprint density at radius 3 is 2.24 bits per heavy atom. The summed E-state index contributed by atoms with van der Waals surface area (Å²) in [6.45, 7) is 6.14. The molecule has 2 amide bonds. The van der Waals surface area contributed by atoms with E-state index in [4.69, 9.17) is 9.84 Å². The fourth-order valence-corrected chi connectivity index (χ4v) is 2.17. The molecule has 0 unspecified atom stereocenters. The largest absolute Gasteiger partial charge is 0.480 e. The van der Waals surface area contributed by atoms with E-state index < -0.39 is 11.9 Å². The van der Waals surface area contributed by atoms with Crippen LogP contribution in [0.1, 0.15) is 13.8 Å². The van der Waals surface area contributed by atoms with Gasteiger partial charge >= 0.3 is 18.0 Å². The predicted molar refractivity (Wildman–Crippen MR) is 74.9 cm³/mol. The normalized spacial score (nSPS) is 15.6. The Hall–Kier alpha value is -1.83. The molecular formula is C13H23N3O5. The second-order valence-corrected chi connectivity index (χ2v) is 4.76. The molecule has 1 heterocycles. The molecule has 21 heavy (non-hydrogen) atoms. The third-order valence-corrected chi connectivity index (χ3v) is 3.28. The van der Waals surface area contributed by atoms with Crippen molar-refractivity contribution in [3.05, 3.63) is 0 Å². The summed E-state index contributed by atoms with van der Waals surface area (Å²) < 4.78 is 4.85. The fraction of sp³-hybridized carbons (Fsp3) is 0.769. The number of hydrogen-bond acceptors (Lipinski definition) is 5. The summed E-state index contributed by atoms with van der Waals surface area (Å²) in [4.78, 5) is 39.3. The fourth-order valence-electron chi connectivity index (χ4n) is 2.17. The van der Waals surface area contributed by atoms with Crippen molar-refractivity contribution in [2.75, 3.05) is 52.4 Å². The number of urea groups is 1. The van der Waals surface area contributed by atoms with Gasteiger partial charge in [-0.05, 0) is 13.8 Å². The van der Waals surface area contributed by atoms with Gasteiger partial charge < -0.3 is 19.6 Å². The summed E-state index contributed by atoms with van der Waals surface area (Å²) in [6, 6.07) is -0.208. The maximum absolute atomic E-state index is 12.3. The van der Waals surface area contributed by atoms with Gasteiger partial charge in [0.05, 0.1) is 13.2 Å². The average molecular weight is 301 g/mol. The number of likely N-dealkylation sites (N-methyl/N-ethyl adjacent to an activating group) is 1. The van der Waals surface area contributed by atoms with Gasteiger partial charge in [-0.3, -0.25) is 14.5 Å². The maximum atomic E-state index is 12.3. The topological polar surface area (TPSA) is 90.4 Å². The van der Waals surface area contributed by atoms with E-state index in [1.54, 1.807) is 23.6 Å². The zero-order chi connectivity index (χ0) is 15.8. The number of esters is 1. The summed E-state index contributed by atoms with van der Waals surface area (Å²) in [5, 5.41) is 8.73. The number of carbonyl (C=O) groups is 3. The molecule has 0 aromatic heterocycles. The standard InChI is InChI=1S/C13H23N3O5/c1-3-15(10-12(19)21-4-2)13(20)16-7-5-14(6-8-16)9-11(17)18/h3-10H2,1-2H3,(H,17,18). The van der Waals surface area contributed by atoms with Crippen LogP contribution in [-0.2, 0) is 14.3 Å². The Labute approximate surface area is 124 Å². The van der Waals surface area contributed by atoms with Gasteiger partial charge in [0.15, 0.2) is 0 Å². The molecule has 1 N–H and O–H groups in total. The van der Waals surface area contributed by atoms with Crippen molar-refractivity contribution in [2.45, 2.75) is 13.8 Å². The summed E-state index contributed by atoms with van der Waals surface area (Å²) in [6.07, 6.45) is 0. The monoisotopic (exact) mass is 301 g/mol. The van der Waals surface area contributed by atoms with E-state index in [0.29, 0.717) is 39.3 Å². The second-order valence-electron chi connectivity index (χ2n) is 4.76. The molecule has 1 rings (SSSR count). The van der Waals surface area contributed by atoms with Crippen molar-refractivity contribution in [3.63, 3.8) is 0 Å². The Balaban J connectivity index is 2.47. The van der Waals surface area contributed by atoms with E-state index in [1.807, 2.05) is 0 Å². The molecule has 1 aliphatic rings. The SMILES string of the molecule is CCOC(=O)CN(CC)C(=O)N1CCN(CC(=O)O)CC1. The zero-order valence-corrected chi connectivity index (χ0v) is 12.6. The molecule has 0 atom stereocenters. The third kappa shape index (κ3) is 5.58. The molecule has 0 aromatic rings. The highest BCUT2D eigenvalue weighted by Crippen LogP contribution is 2.06. The van der Waals surface area contributed by atoms with E-state index in [2.05, 4.69) is 0 Å². The number of rotatable bonds is 6. The molecule has 0 bridgehead atoms. The summed E-state index contributed by atoms with van der Waals surface area (Å²) >= 11 is 0. The van der Waals surface area contributed by atoms with Crippen molar-refractivity contribution >= 4 is 18.0 Å². The zero-order valence-electron chi connectivity index (χ0n) is 12.6. The quantitative estimate of drug-likeness (QED) is 0.677. The van der Waals surface area contributed by atoms with Crippen molar-refractivity contribution in [2.24, 2.45) is 0 Å². The van der Waals surface area contributed by atoms with Gasteiger partial charge in [-0.25, -0.2) is 4.79 Å². The average Bonchev–Trinajstić information content (AvgIpc) is 2.44. The Kier molecular flexibility index (Phi) is 6.93. The van der Waals surface area contributed by atoms with Gasteiger partial charge in [0.25, 0.3) is 0 Å². The van der Waals surface area contributed by atoms with E-state index in [1.165, 1.54) is 4.90 Å². The van der Waals surface area contributed by atoms with Gasteiger partial charge in [-0.2, -0.15) is 0 Å². The van der Waals surface area contributed by atoms with Crippen LogP contribution in [0.4, 0.5) is 4.79 Å². The van der Waals surface area contributed by atoms with E-state index >= 15 is 0 Å². The highest BCUT2D eigenvalue weighted by molar-refractivity contribution is 5.81. The van der Waals surface area contributed by atoms with Gasteiger partial charge in [-0.1, -0.05) is 0 Å². The molecule has 1 aliphatic heterocycles. The molecule has 0 saturated carbocycles. The third-order valence-electron chi connectivity index (χ3n) is 3.28. The van der Waals surface area contributed by atoms with Crippen LogP contribution in [0.15, 0.2) is 0 Å². The van der Waals surface area contributed by atoms with Gasteiger partial charge in [0, 0.05) is 32.7 Å². The molecule has 0 spiro atoms. The molecule has 0 aliphatic carbocycles. The number of carboxylic acids is 1. The number of carbonyl (C=O) groups excluding carboxylic acids is 2. The smallest absolute Gasteiger partial charge is 0.325 e. The van der Waals surface area contributed by atoms with Crippen molar-refractivity contribution in [1.29, 1.82) is 0 Å². The van der Waals surface area contributed by atoms with Gasteiger partial charge in [-0.15, -0.1) is 0 Å². The van der Waals surface area contributed by atoms with Crippen LogP contribution in [-0.4, -0.2) is 90.2 Å². The maximum Gasteiger partial charge on any atom is 0.325 e. The second kappa shape index (κ2) is 8.46. The minimum Gasteiger partial charge on any atom is -0.480 e. The predicted octanol–water partition coefficient (Wildman–Crippen LogP) is -0.306. The summed E-state index contributed by atoms with van der Waals surface area (Å²) in [5.41, 5.74) is 0. The number of carboxylic acid groups (broad SMARTS) is 1. The molecule has 1 saturated heterocycles. The molecule has 0 aromatic carbocycles. The van der Waals surface area contributed by atoms with Crippen LogP contribution >= 0.6 is 0 Å². The first-order chi connectivity index (χ1) is 9.97. The first-order valence-electron chi connectivity index (χ1n) is 7.11. The Morgan fingerprint density at radius 1 is 1.14 bits per heavy atom. The highest BCUT2D eigenvalue weighted by atomic mass is 16.5.